The Morgan fingerprint density at radius 3 is 2.56 bits per heavy atom. The number of carbonyl (C=O) groups excluding carboxylic acids is 2. The second-order valence-corrected chi connectivity index (χ2v) is 7.27. The predicted octanol–water partition coefficient (Wildman–Crippen LogP) is 4.21. The number of benzene rings is 1. The molecule has 0 spiro atoms. The third kappa shape index (κ3) is 4.84. The van der Waals surface area contributed by atoms with Gasteiger partial charge < -0.3 is 11.1 Å². The van der Waals surface area contributed by atoms with Crippen molar-refractivity contribution in [2.24, 2.45) is 11.7 Å². The molecule has 2 aromatic rings. The molecule has 1 aliphatic carbocycles. The largest absolute Gasteiger partial charge is 0.372 e. The van der Waals surface area contributed by atoms with Crippen molar-refractivity contribution in [3.63, 3.8) is 0 Å². The van der Waals surface area contributed by atoms with Gasteiger partial charge >= 0.3 is 6.03 Å². The molecule has 1 aromatic heterocycles. The Morgan fingerprint density at radius 1 is 1.32 bits per heavy atom. The normalized spacial score (nSPS) is 15.1. The van der Waals surface area contributed by atoms with Crippen LogP contribution in [0.15, 0.2) is 28.9 Å². The van der Waals surface area contributed by atoms with Crippen molar-refractivity contribution >= 4 is 39.3 Å². The Bertz CT molecular complexity index is 719. The molecule has 2 amide bonds. The average molecular weight is 408 g/mol. The lowest BCUT2D eigenvalue weighted by Crippen LogP contribution is -2.23. The van der Waals surface area contributed by atoms with Gasteiger partial charge in [-0.1, -0.05) is 60.5 Å². The molecule has 0 unspecified atom stereocenters. The highest BCUT2D eigenvalue weighted by Gasteiger charge is 2.19. The number of amides is 2. The molecule has 0 aliphatic heterocycles. The molecule has 25 heavy (non-hydrogen) atoms. The van der Waals surface area contributed by atoms with E-state index in [4.69, 9.17) is 4.79 Å². The standard InChI is InChI=1S/C18H23BrN2O.CH3NO/c1-20-18(22)21-12-14(11-13-7-4-2-3-5-8-13)17-15(19)9-6-10-16(17)21;2-1-3/h6,9-10,12-13H,2-5,7-8,11H2,1H3,(H,20,22);1H,(H2,2,3). The topological polar surface area (TPSA) is 77.1 Å². The van der Waals surface area contributed by atoms with Crippen LogP contribution >= 0.6 is 15.9 Å². The summed E-state index contributed by atoms with van der Waals surface area (Å²) < 4.78 is 2.82. The molecule has 1 fully saturated rings. The van der Waals surface area contributed by atoms with Crippen molar-refractivity contribution in [2.45, 2.75) is 44.9 Å². The summed E-state index contributed by atoms with van der Waals surface area (Å²) in [7, 11) is 1.68. The number of halogens is 1. The molecule has 5 nitrogen and oxygen atoms in total. The quantitative estimate of drug-likeness (QED) is 0.577. The lowest BCUT2D eigenvalue weighted by atomic mass is 9.92. The van der Waals surface area contributed by atoms with E-state index in [1.54, 1.807) is 11.6 Å². The Morgan fingerprint density at radius 2 is 1.96 bits per heavy atom. The van der Waals surface area contributed by atoms with Gasteiger partial charge in [-0.05, 0) is 30.0 Å². The highest BCUT2D eigenvalue weighted by molar-refractivity contribution is 9.10. The third-order valence-corrected chi connectivity index (χ3v) is 5.43. The molecule has 1 aromatic carbocycles. The summed E-state index contributed by atoms with van der Waals surface area (Å²) >= 11 is 3.67. The first kappa shape index (κ1) is 19.5. The molecule has 1 saturated carbocycles. The van der Waals surface area contributed by atoms with Gasteiger partial charge in [0, 0.05) is 23.1 Å². The van der Waals surface area contributed by atoms with Crippen LogP contribution in [-0.2, 0) is 11.2 Å². The number of fused-ring (bicyclic) bond motifs is 1. The zero-order chi connectivity index (χ0) is 18.2. The van der Waals surface area contributed by atoms with E-state index in [-0.39, 0.29) is 12.4 Å². The summed E-state index contributed by atoms with van der Waals surface area (Å²) in [4.78, 5) is 20.7. The van der Waals surface area contributed by atoms with Gasteiger partial charge in [-0.3, -0.25) is 9.36 Å². The van der Waals surface area contributed by atoms with E-state index in [1.165, 1.54) is 49.5 Å². The molecule has 0 bridgehead atoms. The van der Waals surface area contributed by atoms with Crippen LogP contribution in [-0.4, -0.2) is 24.1 Å². The Labute approximate surface area is 157 Å². The first-order chi connectivity index (χ1) is 12.1. The molecule has 0 atom stereocenters. The molecule has 1 heterocycles. The summed E-state index contributed by atoms with van der Waals surface area (Å²) in [6.07, 6.45) is 11.4. The highest BCUT2D eigenvalue weighted by atomic mass is 79.9. The van der Waals surface area contributed by atoms with Crippen molar-refractivity contribution in [1.82, 2.24) is 9.88 Å². The minimum atomic E-state index is -0.0739. The molecule has 0 radical (unpaired) electrons. The van der Waals surface area contributed by atoms with Crippen LogP contribution in [0, 0.1) is 5.92 Å². The summed E-state index contributed by atoms with van der Waals surface area (Å²) in [5.41, 5.74) is 6.44. The van der Waals surface area contributed by atoms with Crippen molar-refractivity contribution in [2.75, 3.05) is 7.05 Å². The van der Waals surface area contributed by atoms with E-state index in [0.717, 1.165) is 22.3 Å². The summed E-state index contributed by atoms with van der Waals surface area (Å²) in [5.74, 6) is 0.748. The highest BCUT2D eigenvalue weighted by Crippen LogP contribution is 2.33. The molecule has 3 N–H and O–H groups in total. The Hall–Kier alpha value is -1.82. The van der Waals surface area contributed by atoms with Crippen molar-refractivity contribution in [1.29, 1.82) is 0 Å². The van der Waals surface area contributed by atoms with E-state index < -0.39 is 0 Å². The van der Waals surface area contributed by atoms with Crippen molar-refractivity contribution < 1.29 is 9.59 Å². The van der Waals surface area contributed by atoms with Gasteiger partial charge in [0.15, 0.2) is 0 Å². The molecule has 1 aliphatic rings. The number of nitrogens with zero attached hydrogens (tertiary/aromatic N) is 1. The van der Waals surface area contributed by atoms with Crippen LogP contribution in [0.5, 0.6) is 0 Å². The van der Waals surface area contributed by atoms with Gasteiger partial charge in [-0.15, -0.1) is 0 Å². The number of carbonyl (C=O) groups is 2. The molecule has 3 rings (SSSR count). The van der Waals surface area contributed by atoms with E-state index in [1.807, 2.05) is 18.3 Å². The van der Waals surface area contributed by atoms with Crippen molar-refractivity contribution in [3.05, 3.63) is 34.4 Å². The minimum Gasteiger partial charge on any atom is -0.372 e. The Kier molecular flexibility index (Phi) is 7.50. The fourth-order valence-electron chi connectivity index (χ4n) is 3.64. The van der Waals surface area contributed by atoms with Crippen LogP contribution in [0.1, 0.15) is 44.1 Å². The SMILES string of the molecule is CNC(=O)n1cc(CC2CCCCCC2)c2c(Br)cccc21.NC=O. The second kappa shape index (κ2) is 9.61. The Balaban J connectivity index is 0.000000701. The van der Waals surface area contributed by atoms with E-state index in [9.17, 15) is 4.79 Å². The third-order valence-electron chi connectivity index (χ3n) is 4.77. The van der Waals surface area contributed by atoms with Gasteiger partial charge in [0.25, 0.3) is 0 Å². The average Bonchev–Trinajstić information content (AvgIpc) is 2.78. The number of aromatic nitrogens is 1. The molecular formula is C19H26BrN3O2. The van der Waals surface area contributed by atoms with Gasteiger partial charge in [0.1, 0.15) is 0 Å². The zero-order valence-electron chi connectivity index (χ0n) is 14.6. The number of hydrogen-bond acceptors (Lipinski definition) is 2. The number of primary amides is 1. The maximum absolute atomic E-state index is 12.1. The van der Waals surface area contributed by atoms with Gasteiger partial charge in [0.05, 0.1) is 5.52 Å². The van der Waals surface area contributed by atoms with Crippen LogP contribution in [0.3, 0.4) is 0 Å². The number of nitrogens with one attached hydrogen (secondary N) is 1. The molecule has 136 valence electrons. The fourth-order valence-corrected chi connectivity index (χ4v) is 4.25. The van der Waals surface area contributed by atoms with Gasteiger partial charge in [-0.2, -0.15) is 0 Å². The van der Waals surface area contributed by atoms with E-state index in [0.29, 0.717) is 0 Å². The monoisotopic (exact) mass is 407 g/mol. The minimum absolute atomic E-state index is 0.0739. The first-order valence-electron chi connectivity index (χ1n) is 8.78. The van der Waals surface area contributed by atoms with Gasteiger partial charge in [-0.25, -0.2) is 4.79 Å². The molecule has 6 heteroatoms. The van der Waals surface area contributed by atoms with Crippen LogP contribution in [0.2, 0.25) is 0 Å². The number of rotatable bonds is 2. The fraction of sp³-hybridized carbons (Fsp3) is 0.474. The molecule has 0 saturated heterocycles. The molecular weight excluding hydrogens is 382 g/mol. The predicted molar refractivity (Wildman–Crippen MR) is 105 cm³/mol. The maximum atomic E-state index is 12.1. The van der Waals surface area contributed by atoms with Gasteiger partial charge in [0.2, 0.25) is 6.41 Å². The van der Waals surface area contributed by atoms with Crippen LogP contribution in [0.25, 0.3) is 10.9 Å². The maximum Gasteiger partial charge on any atom is 0.325 e. The van der Waals surface area contributed by atoms with Crippen molar-refractivity contribution in [3.8, 4) is 0 Å². The number of nitrogens with two attached hydrogens (primary N) is 1. The van der Waals surface area contributed by atoms with Crippen LogP contribution < -0.4 is 11.1 Å². The summed E-state index contributed by atoms with van der Waals surface area (Å²) in [6.45, 7) is 0. The van der Waals surface area contributed by atoms with E-state index in [2.05, 4.69) is 33.0 Å². The lowest BCUT2D eigenvalue weighted by Gasteiger charge is -2.13. The summed E-state index contributed by atoms with van der Waals surface area (Å²) in [5, 5.41) is 3.92. The van der Waals surface area contributed by atoms with Crippen LogP contribution in [0.4, 0.5) is 4.79 Å². The lowest BCUT2D eigenvalue weighted by molar-refractivity contribution is -0.106. The second-order valence-electron chi connectivity index (χ2n) is 6.41. The zero-order valence-corrected chi connectivity index (χ0v) is 16.2. The smallest absolute Gasteiger partial charge is 0.325 e. The number of hydrogen-bond donors (Lipinski definition) is 2. The van der Waals surface area contributed by atoms with E-state index >= 15 is 0 Å². The first-order valence-corrected chi connectivity index (χ1v) is 9.57. The summed E-state index contributed by atoms with van der Waals surface area (Å²) in [6, 6.07) is 6.00.